The maximum Gasteiger partial charge on any atom is 0.335 e. The van der Waals surface area contributed by atoms with E-state index in [0.29, 0.717) is 23.1 Å². The molecule has 2 aromatic heterocycles. The van der Waals surface area contributed by atoms with Crippen LogP contribution in [0.25, 0.3) is 11.1 Å². The molecule has 2 aromatic carbocycles. The number of hydrogen-bond acceptors (Lipinski definition) is 5. The van der Waals surface area contributed by atoms with Crippen LogP contribution in [0.4, 0.5) is 10.6 Å². The van der Waals surface area contributed by atoms with Crippen LogP contribution in [-0.4, -0.2) is 35.6 Å². The first-order valence-corrected chi connectivity index (χ1v) is 13.2. The van der Waals surface area contributed by atoms with Gasteiger partial charge < -0.3 is 5.32 Å². The predicted octanol–water partition coefficient (Wildman–Crippen LogP) is 4.48. The maximum absolute atomic E-state index is 13.9. The third-order valence-corrected chi connectivity index (χ3v) is 6.69. The molecule has 9 nitrogen and oxygen atoms in total. The van der Waals surface area contributed by atoms with Gasteiger partial charge in [0.25, 0.3) is 5.82 Å². The highest BCUT2D eigenvalue weighted by molar-refractivity contribution is 6.29. The van der Waals surface area contributed by atoms with E-state index in [1.165, 1.54) is 10.8 Å². The first-order valence-electron chi connectivity index (χ1n) is 12.8. The van der Waals surface area contributed by atoms with Crippen molar-refractivity contribution in [2.75, 3.05) is 11.4 Å². The van der Waals surface area contributed by atoms with Crippen LogP contribution in [-0.2, 0) is 11.3 Å². The summed E-state index contributed by atoms with van der Waals surface area (Å²) >= 11 is 5.95. The second-order valence-corrected chi connectivity index (χ2v) is 9.62. The van der Waals surface area contributed by atoms with Crippen molar-refractivity contribution in [1.29, 1.82) is 0 Å². The van der Waals surface area contributed by atoms with E-state index in [1.54, 1.807) is 53.7 Å². The summed E-state index contributed by atoms with van der Waals surface area (Å²) < 4.78 is 1.51. The number of hydrazone groups is 1. The van der Waals surface area contributed by atoms with Crippen LogP contribution >= 0.6 is 11.6 Å². The normalized spacial score (nSPS) is 14.6. The second-order valence-electron chi connectivity index (χ2n) is 9.23. The Morgan fingerprint density at radius 2 is 1.85 bits per heavy atom. The predicted molar refractivity (Wildman–Crippen MR) is 157 cm³/mol. The highest BCUT2D eigenvalue weighted by Gasteiger charge is 2.47. The molecule has 41 heavy (non-hydrogen) atoms. The summed E-state index contributed by atoms with van der Waals surface area (Å²) in [6, 6.07) is 23.3. The SMILES string of the molecule is C=CCNC(=O)N/N=C/c1cccc(-c2cccc(C3C(=O)N(Cc4ccc(Cl)nc4)c4cccc[n+]4C3=O)c2)c1. The van der Waals surface area contributed by atoms with Gasteiger partial charge in [-0.2, -0.15) is 14.6 Å². The number of urea groups is 1. The Bertz CT molecular complexity index is 1650. The fourth-order valence-corrected chi connectivity index (χ4v) is 4.66. The number of hydrogen-bond donors (Lipinski definition) is 2. The van der Waals surface area contributed by atoms with Crippen molar-refractivity contribution >= 4 is 41.5 Å². The van der Waals surface area contributed by atoms with Gasteiger partial charge in [-0.05, 0) is 46.5 Å². The van der Waals surface area contributed by atoms with Crippen LogP contribution in [0.15, 0.2) is 109 Å². The van der Waals surface area contributed by atoms with E-state index >= 15 is 0 Å². The van der Waals surface area contributed by atoms with Crippen LogP contribution in [0.3, 0.4) is 0 Å². The van der Waals surface area contributed by atoms with Crippen LogP contribution in [0.2, 0.25) is 5.15 Å². The molecule has 1 unspecified atom stereocenters. The highest BCUT2D eigenvalue weighted by Crippen LogP contribution is 2.31. The lowest BCUT2D eigenvalue weighted by Crippen LogP contribution is -2.59. The molecule has 1 aliphatic heterocycles. The molecule has 0 radical (unpaired) electrons. The van der Waals surface area contributed by atoms with Crippen molar-refractivity contribution < 1.29 is 19.0 Å². The molecule has 4 aromatic rings. The van der Waals surface area contributed by atoms with Crippen LogP contribution < -0.4 is 20.2 Å². The zero-order valence-corrected chi connectivity index (χ0v) is 22.7. The van der Waals surface area contributed by atoms with Gasteiger partial charge in [-0.3, -0.25) is 0 Å². The minimum absolute atomic E-state index is 0.234. The monoisotopic (exact) mass is 565 g/mol. The summed E-state index contributed by atoms with van der Waals surface area (Å²) in [6.45, 7) is 4.11. The molecule has 5 rings (SSSR count). The number of nitrogens with zero attached hydrogens (tertiary/aromatic N) is 4. The smallest absolute Gasteiger partial charge is 0.333 e. The van der Waals surface area contributed by atoms with Crippen molar-refractivity contribution in [2.45, 2.75) is 12.5 Å². The Kier molecular flexibility index (Phi) is 8.26. The summed E-state index contributed by atoms with van der Waals surface area (Å²) in [7, 11) is 0. The molecular formula is C31H26ClN6O3+. The van der Waals surface area contributed by atoms with Crippen molar-refractivity contribution in [2.24, 2.45) is 5.10 Å². The molecule has 1 atom stereocenters. The van der Waals surface area contributed by atoms with Crippen molar-refractivity contribution in [1.82, 2.24) is 15.7 Å². The summed E-state index contributed by atoms with van der Waals surface area (Å²) in [6.07, 6.45) is 6.39. The van der Waals surface area contributed by atoms with Gasteiger partial charge in [0, 0.05) is 24.4 Å². The number of fused-ring (bicyclic) bond motifs is 1. The number of amides is 3. The Hall–Kier alpha value is -5.15. The number of rotatable bonds is 8. The number of pyridine rings is 2. The molecule has 0 aliphatic carbocycles. The molecule has 1 aliphatic rings. The number of carbonyl (C=O) groups is 3. The third-order valence-electron chi connectivity index (χ3n) is 6.47. The topological polar surface area (TPSA) is 108 Å². The minimum Gasteiger partial charge on any atom is -0.333 e. The van der Waals surface area contributed by atoms with Gasteiger partial charge in [-0.15, -0.1) is 6.58 Å². The van der Waals surface area contributed by atoms with Crippen molar-refractivity contribution in [3.8, 4) is 11.1 Å². The summed E-state index contributed by atoms with van der Waals surface area (Å²) in [5.74, 6) is -1.19. The largest absolute Gasteiger partial charge is 0.335 e. The average Bonchev–Trinajstić information content (AvgIpc) is 2.99. The number of benzene rings is 2. The van der Waals surface area contributed by atoms with Crippen molar-refractivity contribution in [3.63, 3.8) is 0 Å². The molecule has 3 heterocycles. The van der Waals surface area contributed by atoms with E-state index in [-0.39, 0.29) is 18.4 Å². The van der Waals surface area contributed by atoms with Gasteiger partial charge in [-0.1, -0.05) is 66.2 Å². The van der Waals surface area contributed by atoms with Gasteiger partial charge >= 0.3 is 17.8 Å². The van der Waals surface area contributed by atoms with Gasteiger partial charge in [0.1, 0.15) is 11.7 Å². The van der Waals surface area contributed by atoms with Gasteiger partial charge in [0.05, 0.1) is 12.4 Å². The lowest BCUT2D eigenvalue weighted by atomic mass is 9.91. The van der Waals surface area contributed by atoms with E-state index in [2.05, 4.69) is 27.4 Å². The number of halogens is 1. The lowest BCUT2D eigenvalue weighted by Gasteiger charge is -2.26. The number of nitrogens with one attached hydrogen (secondary N) is 2. The molecule has 0 bridgehead atoms. The van der Waals surface area contributed by atoms with Crippen molar-refractivity contribution in [3.05, 3.63) is 126 Å². The van der Waals surface area contributed by atoms with Crippen LogP contribution in [0.1, 0.15) is 27.4 Å². The molecular weight excluding hydrogens is 540 g/mol. The molecule has 0 saturated carbocycles. The number of aromatic nitrogens is 2. The molecule has 0 spiro atoms. The lowest BCUT2D eigenvalue weighted by molar-refractivity contribution is -0.563. The average molecular weight is 566 g/mol. The fourth-order valence-electron chi connectivity index (χ4n) is 4.55. The van der Waals surface area contributed by atoms with E-state index in [0.717, 1.165) is 22.3 Å². The molecule has 10 heteroatoms. The second kappa shape index (κ2) is 12.4. The maximum atomic E-state index is 13.9. The summed E-state index contributed by atoms with van der Waals surface area (Å²) in [5.41, 5.74) is 6.21. The highest BCUT2D eigenvalue weighted by atomic mass is 35.5. The fraction of sp³-hybridized carbons (Fsp3) is 0.0968. The molecule has 3 amide bonds. The molecule has 0 fully saturated rings. The summed E-state index contributed by atoms with van der Waals surface area (Å²) in [4.78, 5) is 44.9. The molecule has 204 valence electrons. The summed E-state index contributed by atoms with van der Waals surface area (Å²) in [5, 5.41) is 6.91. The van der Waals surface area contributed by atoms with E-state index in [4.69, 9.17) is 11.6 Å². The Labute approximate surface area is 241 Å². The zero-order chi connectivity index (χ0) is 28.8. The molecule has 2 N–H and O–H groups in total. The Balaban J connectivity index is 1.43. The van der Waals surface area contributed by atoms with E-state index < -0.39 is 11.9 Å². The number of carbonyl (C=O) groups excluding carboxylic acids is 3. The molecule has 0 saturated heterocycles. The number of anilines is 1. The van der Waals surface area contributed by atoms with E-state index in [1.807, 2.05) is 48.5 Å². The minimum atomic E-state index is -1.03. The third kappa shape index (κ3) is 6.21. The van der Waals surface area contributed by atoms with E-state index in [9.17, 15) is 14.4 Å². The van der Waals surface area contributed by atoms with Gasteiger partial charge in [0.2, 0.25) is 0 Å². The van der Waals surface area contributed by atoms with Gasteiger partial charge in [0.15, 0.2) is 5.92 Å². The van der Waals surface area contributed by atoms with Gasteiger partial charge in [-0.25, -0.2) is 24.8 Å². The van der Waals surface area contributed by atoms with Crippen LogP contribution in [0, 0.1) is 0 Å². The first kappa shape index (κ1) is 27.4. The standard InChI is InChI=1S/C31H25ClN6O3/c1-2-14-33-31(41)36-35-19-21-7-5-8-23(16-21)24-9-6-10-25(17-24)28-29(39)37-15-4-3-11-27(37)38(30(28)40)20-22-12-13-26(32)34-18-22/h2-13,15-19,28H,1,14,20H2,(H-,33,36,41)/p+1/b35-19+. The quantitative estimate of drug-likeness (QED) is 0.0820. The Morgan fingerprint density at radius 1 is 1.05 bits per heavy atom. The zero-order valence-electron chi connectivity index (χ0n) is 21.9. The Morgan fingerprint density at radius 3 is 2.63 bits per heavy atom. The van der Waals surface area contributed by atoms with Crippen LogP contribution in [0.5, 0.6) is 0 Å². The first-order chi connectivity index (χ1) is 19.9.